The lowest BCUT2D eigenvalue weighted by Crippen LogP contribution is -2.30. The van der Waals surface area contributed by atoms with Crippen molar-refractivity contribution in [3.05, 3.63) is 36.5 Å². The summed E-state index contributed by atoms with van der Waals surface area (Å²) in [5.41, 5.74) is 0. The summed E-state index contributed by atoms with van der Waals surface area (Å²) < 4.78 is 16.9. The highest BCUT2D eigenvalue weighted by molar-refractivity contribution is 5.71. The van der Waals surface area contributed by atoms with Gasteiger partial charge in [-0.15, -0.1) is 0 Å². The lowest BCUT2D eigenvalue weighted by molar-refractivity contribution is -0.167. The summed E-state index contributed by atoms with van der Waals surface area (Å²) in [5, 5.41) is 0. The van der Waals surface area contributed by atoms with Gasteiger partial charge in [0, 0.05) is 19.3 Å². The average molecular weight is 1070 g/mol. The zero-order chi connectivity index (χ0) is 55.0. The number of hydrogen-bond acceptors (Lipinski definition) is 6. The summed E-state index contributed by atoms with van der Waals surface area (Å²) in [4.78, 5) is 38.2. The van der Waals surface area contributed by atoms with Crippen LogP contribution in [0.4, 0.5) is 0 Å². The summed E-state index contributed by atoms with van der Waals surface area (Å²) in [7, 11) is 0. The maximum atomic E-state index is 12.9. The maximum Gasteiger partial charge on any atom is 0.306 e. The normalized spacial score (nSPS) is 12.2. The highest BCUT2D eigenvalue weighted by Gasteiger charge is 2.19. The zero-order valence-corrected chi connectivity index (χ0v) is 51.3. The van der Waals surface area contributed by atoms with E-state index < -0.39 is 6.10 Å². The van der Waals surface area contributed by atoms with Gasteiger partial charge in [-0.2, -0.15) is 0 Å². The molecule has 0 aromatic heterocycles. The molecule has 0 saturated heterocycles. The molecule has 446 valence electrons. The van der Waals surface area contributed by atoms with Crippen LogP contribution >= 0.6 is 0 Å². The number of ether oxygens (including phenoxy) is 3. The molecule has 0 aliphatic heterocycles. The van der Waals surface area contributed by atoms with Gasteiger partial charge in [-0.25, -0.2) is 0 Å². The fraction of sp³-hybridized carbons (Fsp3) is 0.871. The standard InChI is InChI=1S/C70H130O6/c1-4-7-10-13-16-19-22-25-26-27-28-29-30-31-32-33-34-35-36-37-38-39-40-41-42-43-46-48-51-54-57-60-63-69(72)75-66-67(76-70(73)64-61-58-55-52-49-45-24-21-18-15-12-9-6-3)65-74-68(71)62-59-56-53-50-47-44-23-20-17-14-11-8-5-2/h12,15,20-21,23-24,67H,4-11,13-14,16-19,22,25-66H2,1-3H3/b15-12-,23-20-,24-21-. The van der Waals surface area contributed by atoms with Crippen LogP contribution in [0.5, 0.6) is 0 Å². The van der Waals surface area contributed by atoms with Crippen molar-refractivity contribution in [2.75, 3.05) is 13.2 Å². The Bertz CT molecular complexity index is 1270. The molecule has 76 heavy (non-hydrogen) atoms. The topological polar surface area (TPSA) is 78.9 Å². The second-order valence-corrected chi connectivity index (χ2v) is 23.1. The Morgan fingerprint density at radius 3 is 0.803 bits per heavy atom. The van der Waals surface area contributed by atoms with Crippen molar-refractivity contribution < 1.29 is 28.6 Å². The number of carbonyl (C=O) groups excluding carboxylic acids is 3. The van der Waals surface area contributed by atoms with Crippen molar-refractivity contribution in [1.29, 1.82) is 0 Å². The first-order valence-electron chi connectivity index (χ1n) is 34.0. The van der Waals surface area contributed by atoms with Gasteiger partial charge in [-0.05, 0) is 70.6 Å². The lowest BCUT2D eigenvalue weighted by Gasteiger charge is -2.18. The minimum atomic E-state index is -0.781. The second-order valence-electron chi connectivity index (χ2n) is 23.1. The van der Waals surface area contributed by atoms with Gasteiger partial charge in [0.15, 0.2) is 6.10 Å². The summed E-state index contributed by atoms with van der Waals surface area (Å²) in [6, 6.07) is 0. The van der Waals surface area contributed by atoms with E-state index in [0.717, 1.165) is 96.3 Å². The Hall–Kier alpha value is -2.37. The van der Waals surface area contributed by atoms with Crippen molar-refractivity contribution in [1.82, 2.24) is 0 Å². The van der Waals surface area contributed by atoms with Crippen LogP contribution in [0.1, 0.15) is 374 Å². The van der Waals surface area contributed by atoms with Gasteiger partial charge in [-0.3, -0.25) is 14.4 Å². The number of carbonyl (C=O) groups is 3. The minimum absolute atomic E-state index is 0.0768. The fourth-order valence-corrected chi connectivity index (χ4v) is 10.2. The van der Waals surface area contributed by atoms with Gasteiger partial charge < -0.3 is 14.2 Å². The Balaban J connectivity index is 4.06. The number of rotatable bonds is 63. The third kappa shape index (κ3) is 62.5. The van der Waals surface area contributed by atoms with Crippen LogP contribution in [0, 0.1) is 0 Å². The van der Waals surface area contributed by atoms with E-state index in [1.807, 2.05) is 0 Å². The Morgan fingerprint density at radius 1 is 0.263 bits per heavy atom. The summed E-state index contributed by atoms with van der Waals surface area (Å²) >= 11 is 0. The number of unbranched alkanes of at least 4 members (excludes halogenated alkanes) is 46. The fourth-order valence-electron chi connectivity index (χ4n) is 10.2. The van der Waals surface area contributed by atoms with E-state index in [2.05, 4.69) is 57.2 Å². The Labute approximate surface area is 474 Å². The first kappa shape index (κ1) is 73.6. The van der Waals surface area contributed by atoms with E-state index in [0.29, 0.717) is 19.3 Å². The molecule has 0 aliphatic rings. The van der Waals surface area contributed by atoms with Gasteiger partial charge in [0.25, 0.3) is 0 Å². The molecule has 6 nitrogen and oxygen atoms in total. The molecule has 1 unspecified atom stereocenters. The number of esters is 3. The van der Waals surface area contributed by atoms with Crippen LogP contribution in [0.2, 0.25) is 0 Å². The predicted molar refractivity (Wildman–Crippen MR) is 330 cm³/mol. The smallest absolute Gasteiger partial charge is 0.306 e. The molecule has 0 bridgehead atoms. The molecule has 0 N–H and O–H groups in total. The van der Waals surface area contributed by atoms with Crippen LogP contribution in [0.3, 0.4) is 0 Å². The van der Waals surface area contributed by atoms with Crippen LogP contribution in [-0.2, 0) is 28.6 Å². The maximum absolute atomic E-state index is 12.9. The molecule has 0 aromatic rings. The second kappa shape index (κ2) is 65.2. The van der Waals surface area contributed by atoms with E-state index in [9.17, 15) is 14.4 Å². The summed E-state index contributed by atoms with van der Waals surface area (Å²) in [6.07, 6.45) is 80.5. The first-order chi connectivity index (χ1) is 37.5. The Morgan fingerprint density at radius 2 is 0.500 bits per heavy atom. The van der Waals surface area contributed by atoms with Crippen LogP contribution in [-0.4, -0.2) is 37.2 Å². The third-order valence-electron chi connectivity index (χ3n) is 15.3. The molecule has 0 fully saturated rings. The summed E-state index contributed by atoms with van der Waals surface area (Å²) in [6.45, 7) is 6.60. The Kier molecular flexibility index (Phi) is 63.1. The molecule has 0 heterocycles. The molecule has 6 heteroatoms. The third-order valence-corrected chi connectivity index (χ3v) is 15.3. The molecule has 1 atom stereocenters. The first-order valence-corrected chi connectivity index (χ1v) is 34.0. The molecule has 0 radical (unpaired) electrons. The molecular formula is C70H130O6. The van der Waals surface area contributed by atoms with Crippen molar-refractivity contribution in [2.24, 2.45) is 0 Å². The van der Waals surface area contributed by atoms with Gasteiger partial charge in [0.2, 0.25) is 0 Å². The molecule has 0 amide bonds. The SMILES string of the molecule is CCC/C=C\C/C=C\CCCCCCCC(=O)OC(COC(=O)CCCCCCC/C=C\CCCCCC)COC(=O)CCCCCCCCCCCCCCCCCCCCCCCCCCCCCCCCCC. The monoisotopic (exact) mass is 1070 g/mol. The van der Waals surface area contributed by atoms with Crippen LogP contribution < -0.4 is 0 Å². The van der Waals surface area contributed by atoms with Crippen molar-refractivity contribution in [2.45, 2.75) is 380 Å². The molecule has 0 aromatic carbocycles. The van der Waals surface area contributed by atoms with E-state index in [4.69, 9.17) is 14.2 Å². The molecule has 0 rings (SSSR count). The molecule has 0 aliphatic carbocycles. The van der Waals surface area contributed by atoms with Crippen molar-refractivity contribution in [3.63, 3.8) is 0 Å². The lowest BCUT2D eigenvalue weighted by atomic mass is 10.0. The van der Waals surface area contributed by atoms with E-state index in [1.165, 1.54) is 238 Å². The largest absolute Gasteiger partial charge is 0.462 e. The van der Waals surface area contributed by atoms with E-state index in [1.54, 1.807) is 0 Å². The molecule has 0 saturated carbocycles. The van der Waals surface area contributed by atoms with E-state index in [-0.39, 0.29) is 31.1 Å². The zero-order valence-electron chi connectivity index (χ0n) is 51.3. The van der Waals surface area contributed by atoms with Gasteiger partial charge in [0.1, 0.15) is 13.2 Å². The minimum Gasteiger partial charge on any atom is -0.462 e. The van der Waals surface area contributed by atoms with Gasteiger partial charge >= 0.3 is 17.9 Å². The van der Waals surface area contributed by atoms with Crippen molar-refractivity contribution in [3.8, 4) is 0 Å². The van der Waals surface area contributed by atoms with Crippen LogP contribution in [0.15, 0.2) is 36.5 Å². The predicted octanol–water partition coefficient (Wildman–Crippen LogP) is 23.2. The molecular weight excluding hydrogens is 937 g/mol. The van der Waals surface area contributed by atoms with Gasteiger partial charge in [0.05, 0.1) is 0 Å². The quantitative estimate of drug-likeness (QED) is 0.0261. The highest BCUT2D eigenvalue weighted by Crippen LogP contribution is 2.18. The summed E-state index contributed by atoms with van der Waals surface area (Å²) in [5.74, 6) is -0.880. The number of allylic oxidation sites excluding steroid dienone is 6. The highest BCUT2D eigenvalue weighted by atomic mass is 16.6. The van der Waals surface area contributed by atoms with Crippen LogP contribution in [0.25, 0.3) is 0 Å². The molecule has 0 spiro atoms. The van der Waals surface area contributed by atoms with Gasteiger partial charge in [-0.1, -0.05) is 320 Å². The average Bonchev–Trinajstić information content (AvgIpc) is 3.42. The van der Waals surface area contributed by atoms with E-state index >= 15 is 0 Å². The van der Waals surface area contributed by atoms with Crippen molar-refractivity contribution >= 4 is 17.9 Å². The number of hydrogen-bond donors (Lipinski definition) is 0.